The summed E-state index contributed by atoms with van der Waals surface area (Å²) >= 11 is 0. The summed E-state index contributed by atoms with van der Waals surface area (Å²) in [5.41, 5.74) is 6.77. The van der Waals surface area contributed by atoms with E-state index in [-0.39, 0.29) is 25.9 Å². The fourth-order valence-corrected chi connectivity index (χ4v) is 2.82. The molecule has 0 saturated heterocycles. The van der Waals surface area contributed by atoms with Crippen molar-refractivity contribution in [2.45, 2.75) is 58.5 Å². The van der Waals surface area contributed by atoms with Gasteiger partial charge in [0.2, 0.25) is 0 Å². The number of terminal acetylenes is 1. The van der Waals surface area contributed by atoms with Crippen LogP contribution in [0.2, 0.25) is 0 Å². The van der Waals surface area contributed by atoms with Gasteiger partial charge in [0.1, 0.15) is 12.0 Å². The SMILES string of the molecule is C#CCNCCCCCCNc1ncnc(CC(CCO)OCCO)c1N=CN.CC. The Morgan fingerprint density at radius 1 is 1.19 bits per heavy atom. The van der Waals surface area contributed by atoms with Crippen LogP contribution in [0, 0.1) is 12.3 Å². The second kappa shape index (κ2) is 21.0. The van der Waals surface area contributed by atoms with E-state index in [9.17, 15) is 5.11 Å². The first-order valence-corrected chi connectivity index (χ1v) is 11.1. The van der Waals surface area contributed by atoms with Gasteiger partial charge < -0.3 is 31.3 Å². The summed E-state index contributed by atoms with van der Waals surface area (Å²) in [5, 5.41) is 24.7. The Hall–Kier alpha value is -2.25. The molecular weight excluding hydrogens is 396 g/mol. The number of aliphatic hydroxyl groups is 2. The minimum absolute atomic E-state index is 0.0139. The van der Waals surface area contributed by atoms with Gasteiger partial charge in [-0.2, -0.15) is 0 Å². The van der Waals surface area contributed by atoms with Gasteiger partial charge in [0.15, 0.2) is 5.82 Å². The number of aliphatic hydroxyl groups excluding tert-OH is 2. The van der Waals surface area contributed by atoms with Crippen LogP contribution in [0.4, 0.5) is 11.5 Å². The minimum atomic E-state index is -0.273. The maximum absolute atomic E-state index is 9.24. The Bertz CT molecular complexity index is 622. The number of aromatic nitrogens is 2. The van der Waals surface area contributed by atoms with Crippen molar-refractivity contribution in [3.05, 3.63) is 12.0 Å². The van der Waals surface area contributed by atoms with Crippen molar-refractivity contribution in [1.29, 1.82) is 0 Å². The molecule has 0 fully saturated rings. The topological polar surface area (TPSA) is 138 Å². The zero-order valence-corrected chi connectivity index (χ0v) is 19.0. The van der Waals surface area contributed by atoms with E-state index < -0.39 is 0 Å². The van der Waals surface area contributed by atoms with Crippen LogP contribution in [0.1, 0.15) is 51.6 Å². The lowest BCUT2D eigenvalue weighted by Crippen LogP contribution is -2.21. The maximum atomic E-state index is 9.24. The molecule has 0 aliphatic carbocycles. The number of nitrogens with one attached hydrogen (secondary N) is 2. The number of rotatable bonds is 17. The molecule has 1 aromatic heterocycles. The second-order valence-corrected chi connectivity index (χ2v) is 6.45. The summed E-state index contributed by atoms with van der Waals surface area (Å²) in [6, 6.07) is 0. The Morgan fingerprint density at radius 2 is 1.94 bits per heavy atom. The van der Waals surface area contributed by atoms with Crippen LogP contribution in [-0.4, -0.2) is 72.1 Å². The highest BCUT2D eigenvalue weighted by Gasteiger charge is 2.16. The highest BCUT2D eigenvalue weighted by Crippen LogP contribution is 2.27. The third-order valence-electron chi connectivity index (χ3n) is 4.22. The Kier molecular flexibility index (Phi) is 19.5. The molecule has 1 aromatic rings. The monoisotopic (exact) mass is 436 g/mol. The molecule has 6 N–H and O–H groups in total. The first-order valence-electron chi connectivity index (χ1n) is 11.1. The Labute approximate surface area is 186 Å². The highest BCUT2D eigenvalue weighted by atomic mass is 16.5. The fourth-order valence-electron chi connectivity index (χ4n) is 2.82. The number of nitrogens with two attached hydrogens (primary N) is 1. The molecule has 0 aliphatic heterocycles. The summed E-state index contributed by atoms with van der Waals surface area (Å²) < 4.78 is 5.58. The second-order valence-electron chi connectivity index (χ2n) is 6.45. The minimum Gasteiger partial charge on any atom is -0.396 e. The summed E-state index contributed by atoms with van der Waals surface area (Å²) in [6.45, 7) is 6.44. The number of nitrogens with zero attached hydrogens (tertiary/aromatic N) is 3. The summed E-state index contributed by atoms with van der Waals surface area (Å²) in [7, 11) is 0. The fraction of sp³-hybridized carbons (Fsp3) is 0.682. The van der Waals surface area contributed by atoms with Crippen LogP contribution in [-0.2, 0) is 11.2 Å². The van der Waals surface area contributed by atoms with Gasteiger partial charge in [0, 0.05) is 19.6 Å². The normalized spacial score (nSPS) is 11.6. The van der Waals surface area contributed by atoms with Crippen molar-refractivity contribution < 1.29 is 14.9 Å². The van der Waals surface area contributed by atoms with Crippen molar-refractivity contribution in [1.82, 2.24) is 15.3 Å². The van der Waals surface area contributed by atoms with E-state index in [2.05, 4.69) is 31.5 Å². The first kappa shape index (κ1) is 28.8. The van der Waals surface area contributed by atoms with Crippen LogP contribution in [0.3, 0.4) is 0 Å². The number of anilines is 1. The molecule has 31 heavy (non-hydrogen) atoms. The smallest absolute Gasteiger partial charge is 0.155 e. The lowest BCUT2D eigenvalue weighted by atomic mass is 10.1. The largest absolute Gasteiger partial charge is 0.396 e. The van der Waals surface area contributed by atoms with Gasteiger partial charge in [-0.3, -0.25) is 0 Å². The van der Waals surface area contributed by atoms with Crippen molar-refractivity contribution in [3.8, 4) is 12.3 Å². The van der Waals surface area contributed by atoms with E-state index >= 15 is 0 Å². The van der Waals surface area contributed by atoms with Crippen molar-refractivity contribution >= 4 is 17.8 Å². The van der Waals surface area contributed by atoms with E-state index in [1.807, 2.05) is 13.8 Å². The Morgan fingerprint density at radius 3 is 2.58 bits per heavy atom. The predicted molar refractivity (Wildman–Crippen MR) is 127 cm³/mol. The summed E-state index contributed by atoms with van der Waals surface area (Å²) in [6.07, 6.45) is 12.8. The van der Waals surface area contributed by atoms with E-state index in [0.29, 0.717) is 36.6 Å². The van der Waals surface area contributed by atoms with Crippen LogP contribution in [0.5, 0.6) is 0 Å². The summed E-state index contributed by atoms with van der Waals surface area (Å²) in [5.74, 6) is 3.18. The van der Waals surface area contributed by atoms with Crippen molar-refractivity contribution in [3.63, 3.8) is 0 Å². The van der Waals surface area contributed by atoms with E-state index in [1.54, 1.807) is 0 Å². The molecule has 176 valence electrons. The lowest BCUT2D eigenvalue weighted by molar-refractivity contribution is 0.0152. The van der Waals surface area contributed by atoms with Gasteiger partial charge in [-0.1, -0.05) is 32.6 Å². The number of ether oxygens (including phenoxy) is 1. The average Bonchev–Trinajstić information content (AvgIpc) is 2.79. The third kappa shape index (κ3) is 13.6. The van der Waals surface area contributed by atoms with E-state index in [1.165, 1.54) is 12.7 Å². The molecule has 0 aromatic carbocycles. The predicted octanol–water partition coefficient (Wildman–Crippen LogP) is 1.62. The molecule has 0 bridgehead atoms. The van der Waals surface area contributed by atoms with Crippen LogP contribution in [0.15, 0.2) is 11.3 Å². The van der Waals surface area contributed by atoms with Gasteiger partial charge in [-0.15, -0.1) is 6.42 Å². The zero-order valence-electron chi connectivity index (χ0n) is 19.0. The van der Waals surface area contributed by atoms with Gasteiger partial charge >= 0.3 is 0 Å². The molecule has 0 amide bonds. The van der Waals surface area contributed by atoms with Crippen LogP contribution >= 0.6 is 0 Å². The summed E-state index contributed by atoms with van der Waals surface area (Å²) in [4.78, 5) is 12.8. The Balaban J connectivity index is 0.00000436. The number of hydrogen-bond acceptors (Lipinski definition) is 8. The third-order valence-corrected chi connectivity index (χ3v) is 4.22. The molecule has 1 unspecified atom stereocenters. The molecule has 1 heterocycles. The van der Waals surface area contributed by atoms with Gasteiger partial charge in [0.25, 0.3) is 0 Å². The first-order chi connectivity index (χ1) is 15.3. The van der Waals surface area contributed by atoms with Crippen molar-refractivity contribution in [2.75, 3.05) is 44.8 Å². The molecule has 1 rings (SSSR count). The number of aliphatic imine (C=N–C) groups is 1. The quantitative estimate of drug-likeness (QED) is 0.107. The zero-order chi connectivity index (χ0) is 23.2. The lowest BCUT2D eigenvalue weighted by Gasteiger charge is -2.18. The molecule has 9 heteroatoms. The van der Waals surface area contributed by atoms with E-state index in [4.69, 9.17) is 22.0 Å². The van der Waals surface area contributed by atoms with Crippen LogP contribution in [0.25, 0.3) is 0 Å². The standard InChI is InChI=1S/C20H34N6O3.C2H6/c1-2-8-22-9-5-3-4-6-10-23-20-19(24-15-21)18(25-16-26-20)14-17(7-11-27)29-13-12-28;1-2/h1,15-17,22,27-28H,3-14H2,(H2,21,24)(H,23,25,26);1-2H3. The average molecular weight is 437 g/mol. The molecule has 0 spiro atoms. The molecule has 9 nitrogen and oxygen atoms in total. The van der Waals surface area contributed by atoms with E-state index in [0.717, 1.165) is 38.8 Å². The molecule has 0 radical (unpaired) electrons. The highest BCUT2D eigenvalue weighted by molar-refractivity contribution is 5.69. The van der Waals surface area contributed by atoms with Gasteiger partial charge in [0.05, 0.1) is 37.9 Å². The number of unbranched alkanes of at least 4 members (excludes halogenated alkanes) is 3. The molecular formula is C22H40N6O3. The molecule has 0 saturated carbocycles. The number of hydrogen-bond donors (Lipinski definition) is 5. The van der Waals surface area contributed by atoms with Gasteiger partial charge in [-0.05, 0) is 25.8 Å². The van der Waals surface area contributed by atoms with Crippen molar-refractivity contribution in [2.24, 2.45) is 10.7 Å². The maximum Gasteiger partial charge on any atom is 0.155 e. The van der Waals surface area contributed by atoms with Gasteiger partial charge in [-0.25, -0.2) is 15.0 Å². The molecule has 1 atom stereocenters. The molecule has 0 aliphatic rings. The van der Waals surface area contributed by atoms with Crippen LogP contribution < -0.4 is 16.4 Å².